The van der Waals surface area contributed by atoms with Gasteiger partial charge < -0.3 is 5.32 Å². The van der Waals surface area contributed by atoms with Crippen LogP contribution >= 0.6 is 0 Å². The average molecular weight is 395 g/mol. The van der Waals surface area contributed by atoms with E-state index in [9.17, 15) is 18.0 Å². The van der Waals surface area contributed by atoms with Crippen molar-refractivity contribution in [2.45, 2.75) is 19.1 Å². The molecule has 2 heterocycles. The third kappa shape index (κ3) is 4.03. The highest BCUT2D eigenvalue weighted by Crippen LogP contribution is 2.34. The molecule has 4 rings (SSSR count). The van der Waals surface area contributed by atoms with Gasteiger partial charge in [0.25, 0.3) is 5.91 Å². The molecule has 2 aromatic carbocycles. The van der Waals surface area contributed by atoms with Gasteiger partial charge in [-0.3, -0.25) is 14.8 Å². The van der Waals surface area contributed by atoms with Gasteiger partial charge in [0, 0.05) is 25.4 Å². The SMILES string of the molecule is O=C(NCc1cccnc1)c1cccc2c1N=C(c1cccc(C(F)(F)F)c1)C2. The van der Waals surface area contributed by atoms with E-state index in [4.69, 9.17) is 0 Å². The van der Waals surface area contributed by atoms with Crippen LogP contribution < -0.4 is 5.32 Å². The summed E-state index contributed by atoms with van der Waals surface area (Å²) in [6, 6.07) is 14.0. The molecule has 0 radical (unpaired) electrons. The highest BCUT2D eigenvalue weighted by Gasteiger charge is 2.31. The summed E-state index contributed by atoms with van der Waals surface area (Å²) >= 11 is 0. The number of fused-ring (bicyclic) bond motifs is 1. The number of pyridine rings is 1. The topological polar surface area (TPSA) is 54.4 Å². The van der Waals surface area contributed by atoms with E-state index in [1.807, 2.05) is 12.1 Å². The molecule has 0 saturated heterocycles. The Labute approximate surface area is 165 Å². The molecule has 1 aliphatic heterocycles. The number of nitrogens with zero attached hydrogens (tertiary/aromatic N) is 2. The Balaban J connectivity index is 1.59. The standard InChI is InChI=1S/C22H16F3N3O/c23-22(24,25)17-7-1-5-15(10-17)19-11-16-6-2-8-18(20(16)28-19)21(29)27-13-14-4-3-9-26-12-14/h1-10,12H,11,13H2,(H,27,29). The van der Waals surface area contributed by atoms with Crippen LogP contribution in [0.3, 0.4) is 0 Å². The van der Waals surface area contributed by atoms with Gasteiger partial charge in [-0.1, -0.05) is 30.3 Å². The maximum Gasteiger partial charge on any atom is 0.416 e. The summed E-state index contributed by atoms with van der Waals surface area (Å²) < 4.78 is 39.0. The first-order valence-electron chi connectivity index (χ1n) is 8.96. The second-order valence-electron chi connectivity index (χ2n) is 6.67. The lowest BCUT2D eigenvalue weighted by Gasteiger charge is -2.08. The van der Waals surface area contributed by atoms with Crippen LogP contribution in [0.1, 0.15) is 32.6 Å². The third-order valence-corrected chi connectivity index (χ3v) is 4.67. The molecular weight excluding hydrogens is 379 g/mol. The molecule has 1 aromatic heterocycles. The fraction of sp³-hybridized carbons (Fsp3) is 0.136. The van der Waals surface area contributed by atoms with Crippen molar-refractivity contribution in [2.24, 2.45) is 4.99 Å². The molecule has 0 saturated carbocycles. The number of hydrogen-bond acceptors (Lipinski definition) is 3. The molecular formula is C22H16F3N3O. The number of rotatable bonds is 4. The lowest BCUT2D eigenvalue weighted by molar-refractivity contribution is -0.137. The van der Waals surface area contributed by atoms with Crippen molar-refractivity contribution in [3.8, 4) is 0 Å². The zero-order valence-electron chi connectivity index (χ0n) is 15.2. The first-order chi connectivity index (χ1) is 13.9. The summed E-state index contributed by atoms with van der Waals surface area (Å²) in [5.41, 5.74) is 2.77. The highest BCUT2D eigenvalue weighted by molar-refractivity contribution is 6.10. The van der Waals surface area contributed by atoms with E-state index in [1.54, 1.807) is 36.7 Å². The van der Waals surface area contributed by atoms with Gasteiger partial charge in [0.05, 0.1) is 22.5 Å². The van der Waals surface area contributed by atoms with E-state index >= 15 is 0 Å². The predicted octanol–water partition coefficient (Wildman–Crippen LogP) is 4.71. The van der Waals surface area contributed by atoms with Crippen LogP contribution in [0.25, 0.3) is 0 Å². The minimum absolute atomic E-state index is 0.292. The maximum absolute atomic E-state index is 13.0. The van der Waals surface area contributed by atoms with E-state index in [-0.39, 0.29) is 5.91 Å². The van der Waals surface area contributed by atoms with Gasteiger partial charge in [0.1, 0.15) is 0 Å². The Kier molecular flexibility index (Phi) is 4.88. The zero-order chi connectivity index (χ0) is 20.4. The van der Waals surface area contributed by atoms with Crippen LogP contribution in [0.15, 0.2) is 72.0 Å². The molecule has 0 bridgehead atoms. The van der Waals surface area contributed by atoms with Crippen molar-refractivity contribution in [3.63, 3.8) is 0 Å². The zero-order valence-corrected chi connectivity index (χ0v) is 15.2. The molecule has 146 valence electrons. The molecule has 0 fully saturated rings. The second-order valence-corrected chi connectivity index (χ2v) is 6.67. The summed E-state index contributed by atoms with van der Waals surface area (Å²) in [5.74, 6) is -0.292. The molecule has 0 atom stereocenters. The lowest BCUT2D eigenvalue weighted by atomic mass is 10.0. The van der Waals surface area contributed by atoms with Gasteiger partial charge in [-0.15, -0.1) is 0 Å². The summed E-state index contributed by atoms with van der Waals surface area (Å²) in [6.45, 7) is 0.320. The number of halogens is 3. The molecule has 1 N–H and O–H groups in total. The van der Waals surface area contributed by atoms with E-state index in [0.717, 1.165) is 23.3 Å². The van der Waals surface area contributed by atoms with Crippen LogP contribution in [0.2, 0.25) is 0 Å². The Morgan fingerprint density at radius 3 is 2.66 bits per heavy atom. The quantitative estimate of drug-likeness (QED) is 0.696. The molecule has 0 spiro atoms. The van der Waals surface area contributed by atoms with E-state index in [1.165, 1.54) is 6.07 Å². The number of benzene rings is 2. The van der Waals surface area contributed by atoms with E-state index in [0.29, 0.717) is 35.5 Å². The van der Waals surface area contributed by atoms with Gasteiger partial charge in [0.15, 0.2) is 0 Å². The van der Waals surface area contributed by atoms with Crippen LogP contribution in [0.4, 0.5) is 18.9 Å². The van der Waals surface area contributed by atoms with Gasteiger partial charge in [-0.05, 0) is 41.0 Å². The smallest absolute Gasteiger partial charge is 0.348 e. The minimum Gasteiger partial charge on any atom is -0.348 e. The van der Waals surface area contributed by atoms with Crippen molar-refractivity contribution >= 4 is 17.3 Å². The number of alkyl halides is 3. The molecule has 1 amide bonds. The first-order valence-corrected chi connectivity index (χ1v) is 8.96. The second kappa shape index (κ2) is 7.50. The largest absolute Gasteiger partial charge is 0.416 e. The van der Waals surface area contributed by atoms with Crippen molar-refractivity contribution < 1.29 is 18.0 Å². The van der Waals surface area contributed by atoms with Gasteiger partial charge >= 0.3 is 6.18 Å². The molecule has 1 aliphatic rings. The first kappa shape index (κ1) is 18.9. The lowest BCUT2D eigenvalue weighted by Crippen LogP contribution is -2.23. The van der Waals surface area contributed by atoms with Crippen molar-refractivity contribution in [1.29, 1.82) is 0 Å². The van der Waals surface area contributed by atoms with E-state index in [2.05, 4.69) is 15.3 Å². The Bertz CT molecular complexity index is 1090. The Hall–Kier alpha value is -3.48. The summed E-state index contributed by atoms with van der Waals surface area (Å²) in [7, 11) is 0. The van der Waals surface area contributed by atoms with Gasteiger partial charge in [0.2, 0.25) is 0 Å². The number of aromatic nitrogens is 1. The van der Waals surface area contributed by atoms with Gasteiger partial charge in [-0.25, -0.2) is 0 Å². The van der Waals surface area contributed by atoms with Gasteiger partial charge in [-0.2, -0.15) is 13.2 Å². The average Bonchev–Trinajstić information content (AvgIpc) is 3.17. The maximum atomic E-state index is 13.0. The van der Waals surface area contributed by atoms with Crippen LogP contribution in [-0.2, 0) is 19.1 Å². The fourth-order valence-corrected chi connectivity index (χ4v) is 3.23. The molecule has 3 aromatic rings. The number of carbonyl (C=O) groups is 1. The molecule has 0 unspecified atom stereocenters. The Morgan fingerprint density at radius 2 is 1.90 bits per heavy atom. The summed E-state index contributed by atoms with van der Waals surface area (Å²) in [6.07, 6.45) is -0.723. The number of para-hydroxylation sites is 1. The molecule has 29 heavy (non-hydrogen) atoms. The monoisotopic (exact) mass is 395 g/mol. The van der Waals surface area contributed by atoms with Crippen molar-refractivity contribution in [3.05, 3.63) is 94.8 Å². The number of nitrogens with one attached hydrogen (secondary N) is 1. The number of hydrogen-bond donors (Lipinski definition) is 1. The normalized spacial score (nSPS) is 13.0. The van der Waals surface area contributed by atoms with Crippen molar-refractivity contribution in [1.82, 2.24) is 10.3 Å². The third-order valence-electron chi connectivity index (χ3n) is 4.67. The number of amides is 1. The number of aliphatic imine (C=N–C) groups is 1. The van der Waals surface area contributed by atoms with Crippen molar-refractivity contribution in [2.75, 3.05) is 0 Å². The highest BCUT2D eigenvalue weighted by atomic mass is 19.4. The molecule has 0 aliphatic carbocycles. The molecule has 7 heteroatoms. The van der Waals surface area contributed by atoms with Crippen LogP contribution in [0.5, 0.6) is 0 Å². The summed E-state index contributed by atoms with van der Waals surface area (Å²) in [5, 5.41) is 2.83. The van der Waals surface area contributed by atoms with Crippen LogP contribution in [0, 0.1) is 0 Å². The minimum atomic E-state index is -4.42. The number of carbonyl (C=O) groups excluding carboxylic acids is 1. The fourth-order valence-electron chi connectivity index (χ4n) is 3.23. The van der Waals surface area contributed by atoms with E-state index < -0.39 is 11.7 Å². The molecule has 4 nitrogen and oxygen atoms in total. The van der Waals surface area contributed by atoms with Crippen LogP contribution in [-0.4, -0.2) is 16.6 Å². The Morgan fingerprint density at radius 1 is 1.07 bits per heavy atom. The summed E-state index contributed by atoms with van der Waals surface area (Å²) in [4.78, 5) is 21.2. The predicted molar refractivity (Wildman–Crippen MR) is 103 cm³/mol.